The van der Waals surface area contributed by atoms with Gasteiger partial charge in [0.1, 0.15) is 0 Å². The van der Waals surface area contributed by atoms with E-state index < -0.39 is 12.0 Å². The Bertz CT molecular complexity index is 711. The number of benzene rings is 1. The minimum Gasteiger partial charge on any atom is -0.478 e. The molecule has 21 heavy (non-hydrogen) atoms. The fraction of sp³-hybridized carbons (Fsp3) is 0.154. The van der Waals surface area contributed by atoms with Crippen LogP contribution in [0.1, 0.15) is 16.1 Å². The summed E-state index contributed by atoms with van der Waals surface area (Å²) in [6, 6.07) is 3.53. The van der Waals surface area contributed by atoms with Crippen molar-refractivity contribution in [2.24, 2.45) is 7.05 Å². The van der Waals surface area contributed by atoms with Crippen LogP contribution in [0, 0.1) is 6.92 Å². The van der Waals surface area contributed by atoms with Gasteiger partial charge in [0.2, 0.25) is 0 Å². The van der Waals surface area contributed by atoms with Gasteiger partial charge in [-0.1, -0.05) is 11.6 Å². The SMILES string of the molecule is Cc1nn(C)cc1NC(=O)Nc1cc(C(=O)O)ccc1Cl. The van der Waals surface area contributed by atoms with Crippen molar-refractivity contribution in [3.63, 3.8) is 0 Å². The van der Waals surface area contributed by atoms with E-state index in [0.29, 0.717) is 11.4 Å². The van der Waals surface area contributed by atoms with E-state index >= 15 is 0 Å². The van der Waals surface area contributed by atoms with Crippen LogP contribution < -0.4 is 10.6 Å². The van der Waals surface area contributed by atoms with Gasteiger partial charge in [-0.25, -0.2) is 9.59 Å². The molecule has 0 atom stereocenters. The lowest BCUT2D eigenvalue weighted by Gasteiger charge is -2.09. The van der Waals surface area contributed by atoms with Crippen molar-refractivity contribution in [1.82, 2.24) is 9.78 Å². The summed E-state index contributed by atoms with van der Waals surface area (Å²) >= 11 is 5.93. The van der Waals surface area contributed by atoms with Crippen LogP contribution in [0.25, 0.3) is 0 Å². The number of nitrogens with one attached hydrogen (secondary N) is 2. The van der Waals surface area contributed by atoms with Gasteiger partial charge >= 0.3 is 12.0 Å². The Morgan fingerprint density at radius 1 is 1.29 bits per heavy atom. The van der Waals surface area contributed by atoms with Crippen molar-refractivity contribution >= 4 is 35.0 Å². The van der Waals surface area contributed by atoms with E-state index in [4.69, 9.17) is 16.7 Å². The third-order valence-corrected chi connectivity index (χ3v) is 3.05. The number of amides is 2. The smallest absolute Gasteiger partial charge is 0.335 e. The number of rotatable bonds is 3. The van der Waals surface area contributed by atoms with Crippen molar-refractivity contribution in [2.45, 2.75) is 6.92 Å². The Kier molecular flexibility index (Phi) is 4.13. The molecule has 0 aliphatic heterocycles. The zero-order valence-electron chi connectivity index (χ0n) is 11.3. The number of halogens is 1. The first-order valence-electron chi connectivity index (χ1n) is 5.98. The Labute approximate surface area is 125 Å². The Morgan fingerprint density at radius 3 is 2.52 bits per heavy atom. The van der Waals surface area contributed by atoms with Crippen LogP contribution in [-0.2, 0) is 7.05 Å². The number of carboxylic acid groups (broad SMARTS) is 1. The topological polar surface area (TPSA) is 96.3 Å². The van der Waals surface area contributed by atoms with Crippen LogP contribution in [-0.4, -0.2) is 26.9 Å². The molecule has 0 aliphatic carbocycles. The average Bonchev–Trinajstić information content (AvgIpc) is 2.70. The second-order valence-electron chi connectivity index (χ2n) is 4.38. The number of carbonyl (C=O) groups excluding carboxylic acids is 1. The molecule has 110 valence electrons. The van der Waals surface area contributed by atoms with Crippen LogP contribution in [0.5, 0.6) is 0 Å². The lowest BCUT2D eigenvalue weighted by Crippen LogP contribution is -2.20. The number of urea groups is 1. The minimum atomic E-state index is -1.10. The summed E-state index contributed by atoms with van der Waals surface area (Å²) in [5.74, 6) is -1.10. The van der Waals surface area contributed by atoms with Crippen molar-refractivity contribution in [3.05, 3.63) is 40.7 Å². The largest absolute Gasteiger partial charge is 0.478 e. The molecule has 0 saturated heterocycles. The fourth-order valence-corrected chi connectivity index (χ4v) is 1.92. The first-order valence-corrected chi connectivity index (χ1v) is 6.35. The van der Waals surface area contributed by atoms with E-state index in [0.717, 1.165) is 0 Å². The number of aromatic carboxylic acids is 1. The quantitative estimate of drug-likeness (QED) is 0.812. The van der Waals surface area contributed by atoms with Crippen LogP contribution >= 0.6 is 11.6 Å². The molecule has 1 aromatic carbocycles. The van der Waals surface area contributed by atoms with E-state index in [-0.39, 0.29) is 16.3 Å². The normalized spacial score (nSPS) is 10.2. The molecule has 0 unspecified atom stereocenters. The maximum Gasteiger partial charge on any atom is 0.335 e. The number of carboxylic acids is 1. The maximum absolute atomic E-state index is 11.9. The highest BCUT2D eigenvalue weighted by Crippen LogP contribution is 2.23. The highest BCUT2D eigenvalue weighted by molar-refractivity contribution is 6.34. The summed E-state index contributed by atoms with van der Waals surface area (Å²) in [6.45, 7) is 1.76. The van der Waals surface area contributed by atoms with Gasteiger partial charge in [0.15, 0.2) is 0 Å². The third-order valence-electron chi connectivity index (χ3n) is 2.72. The van der Waals surface area contributed by atoms with Crippen molar-refractivity contribution in [1.29, 1.82) is 0 Å². The van der Waals surface area contributed by atoms with Gasteiger partial charge < -0.3 is 15.7 Å². The zero-order valence-corrected chi connectivity index (χ0v) is 12.1. The summed E-state index contributed by atoms with van der Waals surface area (Å²) in [6.07, 6.45) is 1.66. The first kappa shape index (κ1) is 14.9. The Balaban J connectivity index is 2.14. The third kappa shape index (κ3) is 3.51. The number of aryl methyl sites for hydroxylation is 2. The number of nitrogens with zero attached hydrogens (tertiary/aromatic N) is 2. The lowest BCUT2D eigenvalue weighted by molar-refractivity contribution is 0.0697. The molecule has 1 heterocycles. The highest BCUT2D eigenvalue weighted by Gasteiger charge is 2.12. The molecule has 0 radical (unpaired) electrons. The molecule has 2 amide bonds. The average molecular weight is 309 g/mol. The van der Waals surface area contributed by atoms with E-state index in [9.17, 15) is 9.59 Å². The molecule has 0 fully saturated rings. The standard InChI is InChI=1S/C13H13ClN4O3/c1-7-11(6-18(2)17-7)16-13(21)15-10-5-8(12(19)20)3-4-9(10)14/h3-6H,1-2H3,(H,19,20)(H2,15,16,21). The molecule has 0 spiro atoms. The predicted octanol–water partition coefficient (Wildman–Crippen LogP) is 2.72. The number of anilines is 2. The van der Waals surface area contributed by atoms with E-state index in [2.05, 4.69) is 15.7 Å². The summed E-state index contributed by atoms with van der Waals surface area (Å²) in [5.41, 5.74) is 1.47. The second-order valence-corrected chi connectivity index (χ2v) is 4.79. The maximum atomic E-state index is 11.9. The van der Waals surface area contributed by atoms with Crippen LogP contribution in [0.4, 0.5) is 16.2 Å². The highest BCUT2D eigenvalue weighted by atomic mass is 35.5. The molecule has 0 saturated carbocycles. The van der Waals surface area contributed by atoms with Gasteiger partial charge in [0.25, 0.3) is 0 Å². The van der Waals surface area contributed by atoms with Gasteiger partial charge in [-0.3, -0.25) is 4.68 Å². The predicted molar refractivity (Wildman–Crippen MR) is 79.0 cm³/mol. The van der Waals surface area contributed by atoms with E-state index in [1.807, 2.05) is 0 Å². The molecule has 7 nitrogen and oxygen atoms in total. The molecule has 1 aromatic heterocycles. The molecular weight excluding hydrogens is 296 g/mol. The molecule has 0 bridgehead atoms. The minimum absolute atomic E-state index is 0.0345. The van der Waals surface area contributed by atoms with E-state index in [1.165, 1.54) is 18.2 Å². The van der Waals surface area contributed by atoms with Crippen molar-refractivity contribution < 1.29 is 14.7 Å². The summed E-state index contributed by atoms with van der Waals surface area (Å²) < 4.78 is 1.57. The summed E-state index contributed by atoms with van der Waals surface area (Å²) in [5, 5.41) is 18.4. The number of hydrogen-bond acceptors (Lipinski definition) is 3. The van der Waals surface area contributed by atoms with Crippen molar-refractivity contribution in [2.75, 3.05) is 10.6 Å². The van der Waals surface area contributed by atoms with Gasteiger partial charge in [0.05, 0.1) is 27.7 Å². The molecular formula is C13H13ClN4O3. The summed E-state index contributed by atoms with van der Waals surface area (Å²) in [4.78, 5) is 22.8. The monoisotopic (exact) mass is 308 g/mol. The molecule has 8 heteroatoms. The molecule has 2 aromatic rings. The van der Waals surface area contributed by atoms with Crippen LogP contribution in [0.3, 0.4) is 0 Å². The molecule has 3 N–H and O–H groups in total. The van der Waals surface area contributed by atoms with Gasteiger partial charge in [0, 0.05) is 13.2 Å². The first-order chi connectivity index (χ1) is 9.86. The number of hydrogen-bond donors (Lipinski definition) is 3. The Morgan fingerprint density at radius 2 is 1.95 bits per heavy atom. The van der Waals surface area contributed by atoms with Gasteiger partial charge in [-0.15, -0.1) is 0 Å². The Hall–Kier alpha value is -2.54. The van der Waals surface area contributed by atoms with Gasteiger partial charge in [-0.05, 0) is 25.1 Å². The number of aromatic nitrogens is 2. The molecule has 2 rings (SSSR count). The van der Waals surface area contributed by atoms with E-state index in [1.54, 1.807) is 24.9 Å². The van der Waals surface area contributed by atoms with Crippen molar-refractivity contribution in [3.8, 4) is 0 Å². The van der Waals surface area contributed by atoms with Crippen LogP contribution in [0.2, 0.25) is 5.02 Å². The summed E-state index contributed by atoms with van der Waals surface area (Å²) in [7, 11) is 1.74. The fourth-order valence-electron chi connectivity index (χ4n) is 1.75. The second kappa shape index (κ2) is 5.84. The lowest BCUT2D eigenvalue weighted by atomic mass is 10.2. The van der Waals surface area contributed by atoms with Crippen LogP contribution in [0.15, 0.2) is 24.4 Å². The molecule has 0 aliphatic rings. The zero-order chi connectivity index (χ0) is 15.6. The van der Waals surface area contributed by atoms with Gasteiger partial charge in [-0.2, -0.15) is 5.10 Å². The number of carbonyl (C=O) groups is 2.